The van der Waals surface area contributed by atoms with Gasteiger partial charge in [0.05, 0.1) is 7.11 Å². The SMILES string of the molecule is C#CCOc1c(F)cc(C(=O)NC2CCCCC2)cc1OC. The topological polar surface area (TPSA) is 47.6 Å². The van der Waals surface area contributed by atoms with Gasteiger partial charge in [0, 0.05) is 11.6 Å². The van der Waals surface area contributed by atoms with E-state index < -0.39 is 5.82 Å². The van der Waals surface area contributed by atoms with Gasteiger partial charge in [0.1, 0.15) is 6.61 Å². The molecule has 0 aliphatic heterocycles. The Labute approximate surface area is 130 Å². The van der Waals surface area contributed by atoms with Crippen LogP contribution in [0.2, 0.25) is 0 Å². The highest BCUT2D eigenvalue weighted by molar-refractivity contribution is 5.95. The molecule has 118 valence electrons. The molecule has 22 heavy (non-hydrogen) atoms. The van der Waals surface area contributed by atoms with Gasteiger partial charge in [0.2, 0.25) is 0 Å². The van der Waals surface area contributed by atoms with Crippen LogP contribution in [0.3, 0.4) is 0 Å². The number of carbonyl (C=O) groups is 1. The lowest BCUT2D eigenvalue weighted by Gasteiger charge is -2.23. The van der Waals surface area contributed by atoms with Gasteiger partial charge in [-0.15, -0.1) is 6.42 Å². The third-order valence-corrected chi connectivity index (χ3v) is 3.73. The quantitative estimate of drug-likeness (QED) is 0.851. The molecule has 0 radical (unpaired) electrons. The van der Waals surface area contributed by atoms with Gasteiger partial charge in [-0.05, 0) is 25.0 Å². The van der Waals surface area contributed by atoms with Gasteiger partial charge in [-0.3, -0.25) is 4.79 Å². The molecule has 0 atom stereocenters. The number of methoxy groups -OCH3 is 1. The van der Waals surface area contributed by atoms with E-state index in [4.69, 9.17) is 15.9 Å². The van der Waals surface area contributed by atoms with Crippen LogP contribution in [0.5, 0.6) is 11.5 Å². The van der Waals surface area contributed by atoms with Gasteiger partial charge in [0.15, 0.2) is 17.3 Å². The molecule has 1 fully saturated rings. The highest BCUT2D eigenvalue weighted by Crippen LogP contribution is 2.32. The maximum Gasteiger partial charge on any atom is 0.251 e. The maximum absolute atomic E-state index is 14.1. The highest BCUT2D eigenvalue weighted by atomic mass is 19.1. The summed E-state index contributed by atoms with van der Waals surface area (Å²) < 4.78 is 24.3. The van der Waals surface area contributed by atoms with Crippen LogP contribution in [-0.2, 0) is 0 Å². The average Bonchev–Trinajstić information content (AvgIpc) is 2.54. The number of halogens is 1. The van der Waals surface area contributed by atoms with Crippen LogP contribution in [0, 0.1) is 18.2 Å². The summed E-state index contributed by atoms with van der Waals surface area (Å²) in [5.41, 5.74) is 0.216. The second kappa shape index (κ2) is 7.69. The molecule has 2 rings (SSSR count). The maximum atomic E-state index is 14.1. The Morgan fingerprint density at radius 1 is 1.41 bits per heavy atom. The fourth-order valence-corrected chi connectivity index (χ4v) is 2.62. The normalized spacial score (nSPS) is 15.0. The van der Waals surface area contributed by atoms with E-state index in [2.05, 4.69) is 11.2 Å². The van der Waals surface area contributed by atoms with E-state index in [1.54, 1.807) is 0 Å². The standard InChI is InChI=1S/C17H20FNO3/c1-3-9-22-16-14(18)10-12(11-15(16)21-2)17(20)19-13-7-5-4-6-8-13/h1,10-11,13H,4-9H2,2H3,(H,19,20). The van der Waals surface area contributed by atoms with Crippen LogP contribution in [-0.4, -0.2) is 25.7 Å². The number of rotatable bonds is 5. The third-order valence-electron chi connectivity index (χ3n) is 3.73. The van der Waals surface area contributed by atoms with Gasteiger partial charge in [-0.25, -0.2) is 4.39 Å². The van der Waals surface area contributed by atoms with Crippen molar-refractivity contribution in [1.29, 1.82) is 0 Å². The van der Waals surface area contributed by atoms with Crippen molar-refractivity contribution >= 4 is 5.91 Å². The minimum atomic E-state index is -0.664. The second-order valence-electron chi connectivity index (χ2n) is 5.29. The van der Waals surface area contributed by atoms with Gasteiger partial charge in [-0.1, -0.05) is 25.2 Å². The predicted octanol–water partition coefficient (Wildman–Crippen LogP) is 2.91. The number of hydrogen-bond acceptors (Lipinski definition) is 3. The summed E-state index contributed by atoms with van der Waals surface area (Å²) in [6, 6.07) is 2.77. The number of nitrogens with one attached hydrogen (secondary N) is 1. The van der Waals surface area contributed by atoms with Crippen LogP contribution >= 0.6 is 0 Å². The molecule has 5 heteroatoms. The second-order valence-corrected chi connectivity index (χ2v) is 5.29. The molecule has 1 aliphatic rings. The minimum absolute atomic E-state index is 0.0686. The smallest absolute Gasteiger partial charge is 0.251 e. The van der Waals surface area contributed by atoms with E-state index >= 15 is 0 Å². The summed E-state index contributed by atoms with van der Waals surface area (Å²) in [4.78, 5) is 12.3. The summed E-state index contributed by atoms with van der Waals surface area (Å²) in [5.74, 6) is 1.38. The molecule has 1 N–H and O–H groups in total. The van der Waals surface area contributed by atoms with Crippen LogP contribution in [0.25, 0.3) is 0 Å². The molecule has 0 aromatic heterocycles. The fraction of sp³-hybridized carbons (Fsp3) is 0.471. The van der Waals surface area contributed by atoms with Crippen molar-refractivity contribution in [2.75, 3.05) is 13.7 Å². The predicted molar refractivity (Wildman–Crippen MR) is 81.6 cm³/mol. The first-order chi connectivity index (χ1) is 10.7. The van der Waals surface area contributed by atoms with E-state index in [1.165, 1.54) is 19.6 Å². The van der Waals surface area contributed by atoms with Crippen molar-refractivity contribution in [2.24, 2.45) is 0 Å². The Bertz CT molecular complexity index is 574. The first-order valence-corrected chi connectivity index (χ1v) is 7.40. The first-order valence-electron chi connectivity index (χ1n) is 7.40. The largest absolute Gasteiger partial charge is 0.493 e. The molecule has 1 aromatic carbocycles. The van der Waals surface area contributed by atoms with E-state index in [-0.39, 0.29) is 35.6 Å². The zero-order chi connectivity index (χ0) is 15.9. The lowest BCUT2D eigenvalue weighted by molar-refractivity contribution is 0.0926. The number of terminal acetylenes is 1. The van der Waals surface area contributed by atoms with Crippen LogP contribution < -0.4 is 14.8 Å². The van der Waals surface area contributed by atoms with E-state index in [0.717, 1.165) is 31.7 Å². The summed E-state index contributed by atoms with van der Waals surface area (Å²) in [6.07, 6.45) is 10.5. The first kappa shape index (κ1) is 16.2. The molecule has 1 aliphatic carbocycles. The lowest BCUT2D eigenvalue weighted by Crippen LogP contribution is -2.36. The average molecular weight is 305 g/mol. The molecule has 1 amide bonds. The van der Waals surface area contributed by atoms with Crippen molar-refractivity contribution < 1.29 is 18.7 Å². The molecular weight excluding hydrogens is 285 g/mol. The lowest BCUT2D eigenvalue weighted by atomic mass is 9.95. The Hall–Kier alpha value is -2.22. The van der Waals surface area contributed by atoms with Crippen molar-refractivity contribution in [3.05, 3.63) is 23.5 Å². The Morgan fingerprint density at radius 3 is 2.77 bits per heavy atom. The molecule has 0 unspecified atom stereocenters. The van der Waals surface area contributed by atoms with Crippen molar-refractivity contribution in [3.63, 3.8) is 0 Å². The van der Waals surface area contributed by atoms with Crippen molar-refractivity contribution in [3.8, 4) is 23.8 Å². The molecule has 0 bridgehead atoms. The molecule has 0 saturated heterocycles. The fourth-order valence-electron chi connectivity index (χ4n) is 2.62. The molecule has 4 nitrogen and oxygen atoms in total. The summed E-state index contributed by atoms with van der Waals surface area (Å²) in [5, 5.41) is 2.94. The van der Waals surface area contributed by atoms with Crippen molar-refractivity contribution in [1.82, 2.24) is 5.32 Å². The summed E-state index contributed by atoms with van der Waals surface area (Å²) in [6.45, 7) is -0.0686. The van der Waals surface area contributed by atoms with Gasteiger partial charge >= 0.3 is 0 Å². The van der Waals surface area contributed by atoms with Gasteiger partial charge < -0.3 is 14.8 Å². The van der Waals surface area contributed by atoms with Crippen LogP contribution in [0.1, 0.15) is 42.5 Å². The molecule has 0 heterocycles. The Balaban J connectivity index is 2.15. The monoisotopic (exact) mass is 305 g/mol. The third kappa shape index (κ3) is 3.91. The van der Waals surface area contributed by atoms with E-state index in [1.807, 2.05) is 0 Å². The Morgan fingerprint density at radius 2 is 2.14 bits per heavy atom. The minimum Gasteiger partial charge on any atom is -0.493 e. The van der Waals surface area contributed by atoms with E-state index in [9.17, 15) is 9.18 Å². The van der Waals surface area contributed by atoms with Crippen molar-refractivity contribution in [2.45, 2.75) is 38.1 Å². The summed E-state index contributed by atoms with van der Waals surface area (Å²) >= 11 is 0. The number of hydrogen-bond donors (Lipinski definition) is 1. The zero-order valence-electron chi connectivity index (χ0n) is 12.7. The number of carbonyl (C=O) groups excluding carboxylic acids is 1. The molecule has 1 saturated carbocycles. The summed E-state index contributed by atoms with van der Waals surface area (Å²) in [7, 11) is 1.39. The molecule has 0 spiro atoms. The van der Waals surface area contributed by atoms with Crippen LogP contribution in [0.15, 0.2) is 12.1 Å². The van der Waals surface area contributed by atoms with Gasteiger partial charge in [0.25, 0.3) is 5.91 Å². The number of ether oxygens (including phenoxy) is 2. The van der Waals surface area contributed by atoms with E-state index in [0.29, 0.717) is 0 Å². The Kier molecular flexibility index (Phi) is 5.65. The zero-order valence-corrected chi connectivity index (χ0v) is 12.7. The molecule has 1 aromatic rings. The highest BCUT2D eigenvalue weighted by Gasteiger charge is 2.20. The number of amides is 1. The van der Waals surface area contributed by atoms with Gasteiger partial charge in [-0.2, -0.15) is 0 Å². The van der Waals surface area contributed by atoms with Crippen LogP contribution in [0.4, 0.5) is 4.39 Å². The number of benzene rings is 1. The molecular formula is C17H20FNO3.